The lowest BCUT2D eigenvalue weighted by molar-refractivity contribution is -0.124. The van der Waals surface area contributed by atoms with Crippen molar-refractivity contribution in [2.24, 2.45) is 0 Å². The Bertz CT molecular complexity index is 1000. The number of ether oxygens (including phenoxy) is 2. The zero-order chi connectivity index (χ0) is 21.5. The third-order valence-electron chi connectivity index (χ3n) is 6.04. The molecule has 1 unspecified atom stereocenters. The average molecular weight is 425 g/mol. The molecule has 0 bridgehead atoms. The number of esters is 1. The van der Waals surface area contributed by atoms with Gasteiger partial charge in [-0.1, -0.05) is 31.8 Å². The van der Waals surface area contributed by atoms with E-state index in [4.69, 9.17) is 9.47 Å². The number of amides is 1. The van der Waals surface area contributed by atoms with Gasteiger partial charge in [0, 0.05) is 26.4 Å². The number of nitrogens with zero attached hydrogens (tertiary/aromatic N) is 2. The molecule has 0 saturated heterocycles. The third-order valence-corrected chi connectivity index (χ3v) is 7.75. The molecule has 1 amide bonds. The predicted molar refractivity (Wildman–Crippen MR) is 118 cm³/mol. The molecule has 1 aromatic heterocycles. The Balaban J connectivity index is 1.60. The molecule has 0 N–H and O–H groups in total. The first-order valence-corrected chi connectivity index (χ1v) is 14.0. The van der Waals surface area contributed by atoms with Crippen molar-refractivity contribution in [2.75, 3.05) is 25.3 Å². The van der Waals surface area contributed by atoms with Crippen LogP contribution in [0.4, 0.5) is 5.82 Å². The van der Waals surface area contributed by atoms with Crippen LogP contribution in [0.5, 0.6) is 0 Å². The number of hydrogen-bond acceptors (Lipinski definition) is 5. The summed E-state index contributed by atoms with van der Waals surface area (Å²) in [4.78, 5) is 31.8. The van der Waals surface area contributed by atoms with Crippen LogP contribution in [-0.2, 0) is 32.5 Å². The molecule has 1 aromatic carbocycles. The molecular weight excluding hydrogens is 396 g/mol. The summed E-state index contributed by atoms with van der Waals surface area (Å²) in [7, 11) is 0.177. The highest BCUT2D eigenvalue weighted by Gasteiger charge is 2.54. The number of carbonyl (C=O) groups is 2. The maximum absolute atomic E-state index is 13.6. The fourth-order valence-electron chi connectivity index (χ4n) is 4.37. The zero-order valence-corrected chi connectivity index (χ0v) is 19.0. The Kier molecular flexibility index (Phi) is 5.28. The smallest absolute Gasteiger partial charge is 0.337 e. The fraction of sp³-hybridized carbons (Fsp3) is 0.435. The molecular formula is C23H28N2O4Si. The highest BCUT2D eigenvalue weighted by Crippen LogP contribution is 2.49. The number of carbonyl (C=O) groups excluding carboxylic acids is 2. The van der Waals surface area contributed by atoms with Gasteiger partial charge in [0.05, 0.1) is 18.1 Å². The maximum atomic E-state index is 13.6. The molecule has 7 heteroatoms. The number of anilines is 1. The number of rotatable bonds is 6. The van der Waals surface area contributed by atoms with Crippen LogP contribution in [0.2, 0.25) is 25.7 Å². The molecule has 1 atom stereocenters. The van der Waals surface area contributed by atoms with E-state index in [9.17, 15) is 9.59 Å². The van der Waals surface area contributed by atoms with Gasteiger partial charge in [0.2, 0.25) is 5.91 Å². The van der Waals surface area contributed by atoms with Crippen molar-refractivity contribution in [1.29, 1.82) is 0 Å². The SMILES string of the molecule is COC(=O)c1ccc2c(c1)CC1(C2)C(=O)N(COCC[Si](C)(C)C)c2ncccc21. The third kappa shape index (κ3) is 3.56. The monoisotopic (exact) mass is 424 g/mol. The second-order valence-electron chi connectivity index (χ2n) is 9.37. The molecule has 2 heterocycles. The number of hydrogen-bond donors (Lipinski definition) is 0. The van der Waals surface area contributed by atoms with E-state index in [1.807, 2.05) is 24.3 Å². The van der Waals surface area contributed by atoms with Crippen molar-refractivity contribution in [3.8, 4) is 0 Å². The number of methoxy groups -OCH3 is 1. The van der Waals surface area contributed by atoms with Crippen LogP contribution in [0.3, 0.4) is 0 Å². The Morgan fingerprint density at radius 2 is 1.97 bits per heavy atom. The van der Waals surface area contributed by atoms with Gasteiger partial charge in [-0.3, -0.25) is 9.69 Å². The minimum absolute atomic E-state index is 0.0278. The number of pyridine rings is 1. The summed E-state index contributed by atoms with van der Waals surface area (Å²) in [6.07, 6.45) is 2.88. The number of fused-ring (bicyclic) bond motifs is 3. The van der Waals surface area contributed by atoms with Crippen LogP contribution >= 0.6 is 0 Å². The van der Waals surface area contributed by atoms with Gasteiger partial charge in [0.1, 0.15) is 12.5 Å². The maximum Gasteiger partial charge on any atom is 0.337 e. The summed E-state index contributed by atoms with van der Waals surface area (Å²) in [6, 6.07) is 10.5. The van der Waals surface area contributed by atoms with Gasteiger partial charge in [0.25, 0.3) is 0 Å². The van der Waals surface area contributed by atoms with Crippen molar-refractivity contribution < 1.29 is 19.1 Å². The molecule has 0 saturated carbocycles. The Morgan fingerprint density at radius 1 is 1.20 bits per heavy atom. The van der Waals surface area contributed by atoms with E-state index in [2.05, 4.69) is 24.6 Å². The Labute approximate surface area is 178 Å². The highest BCUT2D eigenvalue weighted by molar-refractivity contribution is 6.76. The highest BCUT2D eigenvalue weighted by atomic mass is 28.3. The van der Waals surface area contributed by atoms with E-state index in [-0.39, 0.29) is 18.6 Å². The molecule has 30 heavy (non-hydrogen) atoms. The van der Waals surface area contributed by atoms with Crippen molar-refractivity contribution >= 4 is 25.8 Å². The summed E-state index contributed by atoms with van der Waals surface area (Å²) >= 11 is 0. The average Bonchev–Trinajstić information content (AvgIpc) is 3.21. The lowest BCUT2D eigenvalue weighted by atomic mass is 9.79. The van der Waals surface area contributed by atoms with Gasteiger partial charge in [-0.2, -0.15) is 0 Å². The van der Waals surface area contributed by atoms with Crippen LogP contribution in [0, 0.1) is 0 Å². The van der Waals surface area contributed by atoms with E-state index < -0.39 is 13.5 Å². The Hall–Kier alpha value is -2.51. The summed E-state index contributed by atoms with van der Waals surface area (Å²) in [5.74, 6) is 0.354. The number of aromatic nitrogens is 1. The standard InChI is InChI=1S/C23H28N2O4Si/c1-28-21(26)16-7-8-17-13-23(14-18(17)12-16)19-6-5-9-24-20(19)25(22(23)27)15-29-10-11-30(2,3)4/h5-9,12H,10-11,13-15H2,1-4H3. The predicted octanol–water partition coefficient (Wildman–Crippen LogP) is 3.56. The first-order valence-electron chi connectivity index (χ1n) is 10.3. The molecule has 0 fully saturated rings. The fourth-order valence-corrected chi connectivity index (χ4v) is 5.13. The van der Waals surface area contributed by atoms with E-state index >= 15 is 0 Å². The van der Waals surface area contributed by atoms with Gasteiger partial charge < -0.3 is 9.47 Å². The molecule has 1 spiro atoms. The van der Waals surface area contributed by atoms with Crippen LogP contribution in [0.15, 0.2) is 36.5 Å². The summed E-state index contributed by atoms with van der Waals surface area (Å²) in [5.41, 5.74) is 2.88. The van der Waals surface area contributed by atoms with Gasteiger partial charge in [-0.05, 0) is 48.2 Å². The topological polar surface area (TPSA) is 68.7 Å². The minimum Gasteiger partial charge on any atom is -0.465 e. The molecule has 4 rings (SSSR count). The Morgan fingerprint density at radius 3 is 2.70 bits per heavy atom. The van der Waals surface area contributed by atoms with Gasteiger partial charge in [0.15, 0.2) is 0 Å². The van der Waals surface area contributed by atoms with Crippen LogP contribution in [0.25, 0.3) is 0 Å². The van der Waals surface area contributed by atoms with Crippen LogP contribution in [0.1, 0.15) is 27.0 Å². The van der Waals surface area contributed by atoms with E-state index in [1.54, 1.807) is 17.2 Å². The van der Waals surface area contributed by atoms with Crippen LogP contribution in [-0.4, -0.2) is 45.4 Å². The lowest BCUT2D eigenvalue weighted by Crippen LogP contribution is -2.42. The first-order chi connectivity index (χ1) is 14.2. The zero-order valence-electron chi connectivity index (χ0n) is 18.0. The largest absolute Gasteiger partial charge is 0.465 e. The second kappa shape index (κ2) is 7.63. The van der Waals surface area contributed by atoms with E-state index in [1.165, 1.54) is 7.11 Å². The quantitative estimate of drug-likeness (QED) is 0.403. The molecule has 158 valence electrons. The van der Waals surface area contributed by atoms with Gasteiger partial charge in [-0.15, -0.1) is 0 Å². The molecule has 1 aliphatic heterocycles. The minimum atomic E-state index is -1.20. The molecule has 2 aromatic rings. The summed E-state index contributed by atoms with van der Waals surface area (Å²) in [6.45, 7) is 7.79. The van der Waals surface area contributed by atoms with Crippen molar-refractivity contribution in [3.63, 3.8) is 0 Å². The lowest BCUT2D eigenvalue weighted by Gasteiger charge is -2.23. The molecule has 1 aliphatic carbocycles. The first kappa shape index (κ1) is 20.7. The summed E-state index contributed by atoms with van der Waals surface area (Å²) < 4.78 is 10.8. The molecule has 0 radical (unpaired) electrons. The van der Waals surface area contributed by atoms with Crippen LogP contribution < -0.4 is 4.90 Å². The van der Waals surface area contributed by atoms with E-state index in [0.29, 0.717) is 30.8 Å². The number of benzene rings is 1. The van der Waals surface area contributed by atoms with Crippen molar-refractivity contribution in [3.05, 3.63) is 58.8 Å². The van der Waals surface area contributed by atoms with Gasteiger partial charge in [-0.25, -0.2) is 9.78 Å². The second-order valence-corrected chi connectivity index (χ2v) is 15.0. The van der Waals surface area contributed by atoms with Gasteiger partial charge >= 0.3 is 5.97 Å². The van der Waals surface area contributed by atoms with Crippen molar-refractivity contribution in [2.45, 2.75) is 43.9 Å². The molecule has 6 nitrogen and oxygen atoms in total. The summed E-state index contributed by atoms with van der Waals surface area (Å²) in [5, 5.41) is 0. The normalized spacial score (nSPS) is 19.9. The molecule has 2 aliphatic rings. The van der Waals surface area contributed by atoms with Crippen molar-refractivity contribution in [1.82, 2.24) is 4.98 Å². The van der Waals surface area contributed by atoms with E-state index in [0.717, 1.165) is 22.7 Å².